The second-order valence-electron chi connectivity index (χ2n) is 4.46. The van der Waals surface area contributed by atoms with Crippen LogP contribution in [0.15, 0.2) is 4.52 Å². The van der Waals surface area contributed by atoms with Crippen LogP contribution in [0.1, 0.15) is 37.6 Å². The van der Waals surface area contributed by atoms with Crippen molar-refractivity contribution >= 4 is 0 Å². The molecule has 1 aliphatic heterocycles. The fraction of sp³-hybridized carbons (Fsp3) is 0.833. The molecule has 2 unspecified atom stereocenters. The summed E-state index contributed by atoms with van der Waals surface area (Å²) in [6.45, 7) is 4.37. The van der Waals surface area contributed by atoms with Gasteiger partial charge in [0.1, 0.15) is 6.10 Å². The first kappa shape index (κ1) is 13.5. The molecule has 1 N–H and O–H groups in total. The molecule has 2 atom stereocenters. The molecule has 1 fully saturated rings. The van der Waals surface area contributed by atoms with Gasteiger partial charge in [-0.15, -0.1) is 0 Å². The molecule has 0 aliphatic carbocycles. The number of nitrogens with one attached hydrogen (secondary N) is 1. The smallest absolute Gasteiger partial charge is 0.228 e. The minimum atomic E-state index is 0.0162. The highest BCUT2D eigenvalue weighted by Crippen LogP contribution is 2.26. The van der Waals surface area contributed by atoms with E-state index >= 15 is 0 Å². The summed E-state index contributed by atoms with van der Waals surface area (Å²) in [6.07, 6.45) is 2.75. The molecular weight excluding hydrogens is 234 g/mol. The molecule has 0 amide bonds. The van der Waals surface area contributed by atoms with Gasteiger partial charge in [0.2, 0.25) is 11.7 Å². The van der Waals surface area contributed by atoms with Crippen LogP contribution in [-0.4, -0.2) is 43.1 Å². The Morgan fingerprint density at radius 2 is 2.44 bits per heavy atom. The molecule has 102 valence electrons. The van der Waals surface area contributed by atoms with E-state index in [1.807, 2.05) is 0 Å². The van der Waals surface area contributed by atoms with Crippen molar-refractivity contribution in [3.63, 3.8) is 0 Å². The summed E-state index contributed by atoms with van der Waals surface area (Å²) >= 11 is 0. The number of aromatic nitrogens is 2. The monoisotopic (exact) mass is 255 g/mol. The lowest BCUT2D eigenvalue weighted by Crippen LogP contribution is -2.35. The highest BCUT2D eigenvalue weighted by molar-refractivity contribution is 4.94. The minimum Gasteiger partial charge on any atom is -0.383 e. The Balaban J connectivity index is 1.91. The third-order valence-corrected chi connectivity index (χ3v) is 2.98. The van der Waals surface area contributed by atoms with Crippen molar-refractivity contribution < 1.29 is 14.0 Å². The van der Waals surface area contributed by atoms with Gasteiger partial charge in [0.05, 0.1) is 6.61 Å². The summed E-state index contributed by atoms with van der Waals surface area (Å²) < 4.78 is 15.9. The van der Waals surface area contributed by atoms with E-state index < -0.39 is 0 Å². The molecule has 0 spiro atoms. The average molecular weight is 255 g/mol. The first-order valence-corrected chi connectivity index (χ1v) is 6.50. The van der Waals surface area contributed by atoms with Crippen molar-refractivity contribution in [2.24, 2.45) is 0 Å². The highest BCUT2D eigenvalue weighted by Gasteiger charge is 2.23. The normalized spacial score (nSPS) is 21.3. The van der Waals surface area contributed by atoms with Crippen LogP contribution < -0.4 is 5.32 Å². The number of rotatable bonds is 7. The van der Waals surface area contributed by atoms with Gasteiger partial charge in [0, 0.05) is 26.2 Å². The summed E-state index contributed by atoms with van der Waals surface area (Å²) in [5.41, 5.74) is 0. The molecule has 1 aromatic heterocycles. The average Bonchev–Trinajstić information content (AvgIpc) is 2.98. The third-order valence-electron chi connectivity index (χ3n) is 2.98. The Morgan fingerprint density at radius 1 is 1.56 bits per heavy atom. The maximum Gasteiger partial charge on any atom is 0.228 e. The van der Waals surface area contributed by atoms with Gasteiger partial charge in [-0.25, -0.2) is 0 Å². The number of nitrogens with zero attached hydrogens (tertiary/aromatic N) is 2. The van der Waals surface area contributed by atoms with Crippen LogP contribution in [0, 0.1) is 0 Å². The summed E-state index contributed by atoms with van der Waals surface area (Å²) in [5, 5.41) is 7.32. The molecule has 2 heterocycles. The number of ether oxygens (including phenoxy) is 2. The van der Waals surface area contributed by atoms with Crippen LogP contribution in [0.3, 0.4) is 0 Å². The molecule has 0 bridgehead atoms. The molecule has 1 aromatic rings. The first-order valence-electron chi connectivity index (χ1n) is 6.50. The maximum absolute atomic E-state index is 5.53. The van der Waals surface area contributed by atoms with Gasteiger partial charge < -0.3 is 19.3 Å². The van der Waals surface area contributed by atoms with Crippen LogP contribution in [-0.2, 0) is 15.9 Å². The van der Waals surface area contributed by atoms with Gasteiger partial charge in [0.15, 0.2) is 0 Å². The fourth-order valence-electron chi connectivity index (χ4n) is 2.15. The van der Waals surface area contributed by atoms with Gasteiger partial charge in [0.25, 0.3) is 0 Å². The predicted octanol–water partition coefficient (Wildman–Crippen LogP) is 1.09. The third kappa shape index (κ3) is 3.51. The van der Waals surface area contributed by atoms with Crippen LogP contribution in [0.4, 0.5) is 0 Å². The highest BCUT2D eigenvalue weighted by atomic mass is 16.5. The van der Waals surface area contributed by atoms with E-state index in [-0.39, 0.29) is 12.1 Å². The van der Waals surface area contributed by atoms with Crippen LogP contribution in [0.25, 0.3) is 0 Å². The topological polar surface area (TPSA) is 69.4 Å². The van der Waals surface area contributed by atoms with Crippen molar-refractivity contribution in [2.75, 3.05) is 26.9 Å². The van der Waals surface area contributed by atoms with Gasteiger partial charge in [-0.2, -0.15) is 4.98 Å². The van der Waals surface area contributed by atoms with Crippen molar-refractivity contribution in [3.05, 3.63) is 11.7 Å². The number of likely N-dealkylation sites (N-methyl/N-ethyl adjacent to an activating group) is 1. The van der Waals surface area contributed by atoms with E-state index in [0.29, 0.717) is 24.7 Å². The SMILES string of the molecule is CCNC(COC)Cc1nc(C2CCCO2)no1. The minimum absolute atomic E-state index is 0.0162. The van der Waals surface area contributed by atoms with Crippen LogP contribution >= 0.6 is 0 Å². The number of hydrogen-bond donors (Lipinski definition) is 1. The standard InChI is InChI=1S/C12H21N3O3/c1-3-13-9(8-16-2)7-11-14-12(15-18-11)10-5-4-6-17-10/h9-10,13H,3-8H2,1-2H3. The molecule has 2 rings (SSSR count). The number of methoxy groups -OCH3 is 1. The van der Waals surface area contributed by atoms with Gasteiger partial charge >= 0.3 is 0 Å². The van der Waals surface area contributed by atoms with Gasteiger partial charge in [-0.3, -0.25) is 0 Å². The fourth-order valence-corrected chi connectivity index (χ4v) is 2.15. The zero-order chi connectivity index (χ0) is 12.8. The van der Waals surface area contributed by atoms with E-state index in [1.54, 1.807) is 7.11 Å². The van der Waals surface area contributed by atoms with Crippen molar-refractivity contribution in [1.29, 1.82) is 0 Å². The summed E-state index contributed by atoms with van der Waals surface area (Å²) in [6, 6.07) is 0.206. The lowest BCUT2D eigenvalue weighted by Gasteiger charge is -2.14. The summed E-state index contributed by atoms with van der Waals surface area (Å²) in [7, 11) is 1.69. The maximum atomic E-state index is 5.53. The molecule has 0 saturated carbocycles. The molecule has 6 nitrogen and oxygen atoms in total. The van der Waals surface area contributed by atoms with E-state index in [4.69, 9.17) is 14.0 Å². The Hall–Kier alpha value is -0.980. The Morgan fingerprint density at radius 3 is 3.11 bits per heavy atom. The molecule has 1 aliphatic rings. The van der Waals surface area contributed by atoms with E-state index in [2.05, 4.69) is 22.4 Å². The summed E-state index contributed by atoms with van der Waals surface area (Å²) in [5.74, 6) is 1.32. The second kappa shape index (κ2) is 6.82. The second-order valence-corrected chi connectivity index (χ2v) is 4.46. The molecule has 18 heavy (non-hydrogen) atoms. The first-order chi connectivity index (χ1) is 8.83. The summed E-state index contributed by atoms with van der Waals surface area (Å²) in [4.78, 5) is 4.40. The zero-order valence-corrected chi connectivity index (χ0v) is 11.0. The van der Waals surface area contributed by atoms with E-state index in [1.165, 1.54) is 0 Å². The molecule has 0 radical (unpaired) electrons. The lowest BCUT2D eigenvalue weighted by molar-refractivity contribution is 0.103. The Labute approximate surface area is 107 Å². The molecule has 6 heteroatoms. The largest absolute Gasteiger partial charge is 0.383 e. The Kier molecular flexibility index (Phi) is 5.10. The molecular formula is C12H21N3O3. The van der Waals surface area contributed by atoms with Crippen LogP contribution in [0.5, 0.6) is 0 Å². The van der Waals surface area contributed by atoms with Gasteiger partial charge in [-0.1, -0.05) is 12.1 Å². The van der Waals surface area contributed by atoms with Crippen LogP contribution in [0.2, 0.25) is 0 Å². The Bertz CT molecular complexity index is 344. The van der Waals surface area contributed by atoms with Crippen molar-refractivity contribution in [2.45, 2.75) is 38.3 Å². The van der Waals surface area contributed by atoms with Crippen molar-refractivity contribution in [1.82, 2.24) is 15.5 Å². The lowest BCUT2D eigenvalue weighted by atomic mass is 10.2. The molecule has 1 saturated heterocycles. The van der Waals surface area contributed by atoms with Gasteiger partial charge in [-0.05, 0) is 19.4 Å². The quantitative estimate of drug-likeness (QED) is 0.786. The zero-order valence-electron chi connectivity index (χ0n) is 11.0. The number of hydrogen-bond acceptors (Lipinski definition) is 6. The van der Waals surface area contributed by atoms with E-state index in [0.717, 1.165) is 26.0 Å². The van der Waals surface area contributed by atoms with Crippen molar-refractivity contribution in [3.8, 4) is 0 Å². The van der Waals surface area contributed by atoms with E-state index in [9.17, 15) is 0 Å². The molecule has 0 aromatic carbocycles. The predicted molar refractivity (Wildman–Crippen MR) is 65.3 cm³/mol.